The first kappa shape index (κ1) is 11.6. The van der Waals surface area contributed by atoms with E-state index in [1.807, 2.05) is 0 Å². The highest BCUT2D eigenvalue weighted by molar-refractivity contribution is 5.17. The van der Waals surface area contributed by atoms with E-state index >= 15 is 0 Å². The average molecular weight is 223 g/mol. The molecule has 2 rings (SSSR count). The van der Waals surface area contributed by atoms with Crippen molar-refractivity contribution >= 4 is 0 Å². The van der Waals surface area contributed by atoms with E-state index in [-0.39, 0.29) is 11.9 Å². The lowest BCUT2D eigenvalue weighted by molar-refractivity contribution is 0.118. The lowest BCUT2D eigenvalue weighted by Crippen LogP contribution is -2.32. The molecule has 2 N–H and O–H groups in total. The van der Waals surface area contributed by atoms with Crippen LogP contribution in [-0.2, 0) is 11.2 Å². The van der Waals surface area contributed by atoms with Gasteiger partial charge in [-0.15, -0.1) is 0 Å². The lowest BCUT2D eigenvalue weighted by atomic mass is 9.92. The van der Waals surface area contributed by atoms with Gasteiger partial charge < -0.3 is 10.5 Å². The first-order valence-corrected chi connectivity index (χ1v) is 5.77. The van der Waals surface area contributed by atoms with Crippen molar-refractivity contribution in [1.29, 1.82) is 0 Å². The Labute approximate surface area is 95.6 Å². The van der Waals surface area contributed by atoms with Gasteiger partial charge in [-0.2, -0.15) is 0 Å². The summed E-state index contributed by atoms with van der Waals surface area (Å²) in [5.74, 6) is 0.232. The van der Waals surface area contributed by atoms with Gasteiger partial charge in [0.1, 0.15) is 5.82 Å². The minimum Gasteiger partial charge on any atom is -0.378 e. The van der Waals surface area contributed by atoms with Gasteiger partial charge >= 0.3 is 0 Å². The fraction of sp³-hybridized carbons (Fsp3) is 0.538. The molecule has 1 aromatic rings. The minimum atomic E-state index is -0.199. The lowest BCUT2D eigenvalue weighted by Gasteiger charge is -2.17. The summed E-state index contributed by atoms with van der Waals surface area (Å²) >= 11 is 0. The van der Waals surface area contributed by atoms with Crippen molar-refractivity contribution in [1.82, 2.24) is 0 Å². The second kappa shape index (κ2) is 4.93. The second-order valence-electron chi connectivity index (χ2n) is 4.63. The highest BCUT2D eigenvalue weighted by Crippen LogP contribution is 2.23. The number of hydrogen-bond donors (Lipinski definition) is 1. The van der Waals surface area contributed by atoms with Gasteiger partial charge in [0.25, 0.3) is 0 Å². The molecule has 3 heteroatoms. The number of nitrogens with two attached hydrogens (primary N) is 1. The molecule has 16 heavy (non-hydrogen) atoms. The number of hydrogen-bond acceptors (Lipinski definition) is 2. The van der Waals surface area contributed by atoms with E-state index in [1.165, 1.54) is 12.1 Å². The smallest absolute Gasteiger partial charge is 0.123 e. The van der Waals surface area contributed by atoms with E-state index in [4.69, 9.17) is 10.5 Å². The largest absolute Gasteiger partial charge is 0.378 e. The molecule has 3 unspecified atom stereocenters. The summed E-state index contributed by atoms with van der Waals surface area (Å²) in [6.45, 7) is 2.83. The van der Waals surface area contributed by atoms with Gasteiger partial charge in [0.15, 0.2) is 0 Å². The van der Waals surface area contributed by atoms with Crippen molar-refractivity contribution in [3.05, 3.63) is 35.6 Å². The first-order valence-electron chi connectivity index (χ1n) is 5.77. The summed E-state index contributed by atoms with van der Waals surface area (Å²) in [5, 5.41) is 0. The molecule has 88 valence electrons. The second-order valence-corrected chi connectivity index (χ2v) is 4.63. The van der Waals surface area contributed by atoms with E-state index in [9.17, 15) is 4.39 Å². The maximum absolute atomic E-state index is 12.7. The maximum atomic E-state index is 12.7. The van der Waals surface area contributed by atoms with Crippen LogP contribution in [0.2, 0.25) is 0 Å². The van der Waals surface area contributed by atoms with Gasteiger partial charge in [-0.1, -0.05) is 12.1 Å². The highest BCUT2D eigenvalue weighted by Gasteiger charge is 2.27. The molecular formula is C13H18FNO. The van der Waals surface area contributed by atoms with Gasteiger partial charge in [-0.25, -0.2) is 4.39 Å². The summed E-state index contributed by atoms with van der Waals surface area (Å²) in [5.41, 5.74) is 7.23. The number of benzene rings is 1. The van der Waals surface area contributed by atoms with Crippen LogP contribution < -0.4 is 5.73 Å². The summed E-state index contributed by atoms with van der Waals surface area (Å²) in [4.78, 5) is 0. The van der Waals surface area contributed by atoms with Crippen LogP contribution >= 0.6 is 0 Å². The summed E-state index contributed by atoms with van der Waals surface area (Å²) in [6, 6.07) is 6.67. The number of rotatable bonds is 3. The van der Waals surface area contributed by atoms with Gasteiger partial charge in [-0.3, -0.25) is 0 Å². The molecular weight excluding hydrogens is 205 g/mol. The maximum Gasteiger partial charge on any atom is 0.123 e. The van der Waals surface area contributed by atoms with Crippen LogP contribution in [0.1, 0.15) is 18.9 Å². The van der Waals surface area contributed by atoms with Crippen molar-refractivity contribution in [3.8, 4) is 0 Å². The third-order valence-electron chi connectivity index (χ3n) is 3.22. The van der Waals surface area contributed by atoms with Gasteiger partial charge in [0.2, 0.25) is 0 Å². The van der Waals surface area contributed by atoms with Gasteiger partial charge in [-0.05, 0) is 37.5 Å². The quantitative estimate of drug-likeness (QED) is 0.852. The van der Waals surface area contributed by atoms with Crippen LogP contribution in [0.4, 0.5) is 4.39 Å². The van der Waals surface area contributed by atoms with Crippen LogP contribution in [0.15, 0.2) is 24.3 Å². The normalized spacial score (nSPS) is 26.9. The summed E-state index contributed by atoms with van der Waals surface area (Å²) < 4.78 is 18.2. The molecule has 2 nitrogen and oxygen atoms in total. The van der Waals surface area contributed by atoms with E-state index in [1.54, 1.807) is 12.1 Å². The molecule has 1 aliphatic heterocycles. The zero-order valence-corrected chi connectivity index (χ0v) is 9.53. The highest BCUT2D eigenvalue weighted by atomic mass is 19.1. The van der Waals surface area contributed by atoms with Crippen molar-refractivity contribution < 1.29 is 9.13 Å². The molecule has 1 aromatic carbocycles. The van der Waals surface area contributed by atoms with E-state index < -0.39 is 0 Å². The van der Waals surface area contributed by atoms with Gasteiger partial charge in [0, 0.05) is 12.0 Å². The Morgan fingerprint density at radius 1 is 1.44 bits per heavy atom. The molecule has 1 fully saturated rings. The van der Waals surface area contributed by atoms with Crippen LogP contribution in [0.25, 0.3) is 0 Å². The van der Waals surface area contributed by atoms with E-state index in [0.29, 0.717) is 12.0 Å². The number of ether oxygens (including phenoxy) is 1. The Morgan fingerprint density at radius 3 is 2.69 bits per heavy atom. The molecule has 0 aliphatic carbocycles. The van der Waals surface area contributed by atoms with Gasteiger partial charge in [0.05, 0.1) is 12.7 Å². The molecule has 0 aromatic heterocycles. The molecule has 0 radical (unpaired) electrons. The molecule has 0 bridgehead atoms. The monoisotopic (exact) mass is 223 g/mol. The summed E-state index contributed by atoms with van der Waals surface area (Å²) in [7, 11) is 0. The molecule has 1 aliphatic rings. The molecule has 3 atom stereocenters. The van der Waals surface area contributed by atoms with Crippen molar-refractivity contribution in [2.45, 2.75) is 31.9 Å². The Bertz CT molecular complexity index is 338. The van der Waals surface area contributed by atoms with Crippen molar-refractivity contribution in [2.75, 3.05) is 6.61 Å². The molecule has 1 saturated heterocycles. The fourth-order valence-corrected chi connectivity index (χ4v) is 2.21. The van der Waals surface area contributed by atoms with Crippen LogP contribution in [0, 0.1) is 11.7 Å². The van der Waals surface area contributed by atoms with E-state index in [2.05, 4.69) is 6.92 Å². The minimum absolute atomic E-state index is 0.107. The van der Waals surface area contributed by atoms with Crippen molar-refractivity contribution in [2.24, 2.45) is 11.7 Å². The first-order chi connectivity index (χ1) is 7.65. The topological polar surface area (TPSA) is 35.2 Å². The predicted octanol–water partition coefficient (Wildman–Crippen LogP) is 2.12. The van der Waals surface area contributed by atoms with Crippen LogP contribution in [0.5, 0.6) is 0 Å². The SMILES string of the molecule is CC1CC(C(N)Cc2ccc(F)cc2)CO1. The molecule has 1 heterocycles. The zero-order chi connectivity index (χ0) is 11.5. The third-order valence-corrected chi connectivity index (χ3v) is 3.22. The molecule has 0 amide bonds. The Balaban J connectivity index is 1.91. The fourth-order valence-electron chi connectivity index (χ4n) is 2.21. The standard InChI is InChI=1S/C13H18FNO/c1-9-6-11(8-16-9)13(15)7-10-2-4-12(14)5-3-10/h2-5,9,11,13H,6-8,15H2,1H3. The Kier molecular flexibility index (Phi) is 3.56. The summed E-state index contributed by atoms with van der Waals surface area (Å²) in [6.07, 6.45) is 2.15. The molecule has 0 spiro atoms. The predicted molar refractivity (Wildman–Crippen MR) is 61.6 cm³/mol. The molecule has 0 saturated carbocycles. The third kappa shape index (κ3) is 2.80. The van der Waals surface area contributed by atoms with Crippen LogP contribution in [-0.4, -0.2) is 18.8 Å². The van der Waals surface area contributed by atoms with E-state index in [0.717, 1.165) is 25.0 Å². The van der Waals surface area contributed by atoms with Crippen molar-refractivity contribution in [3.63, 3.8) is 0 Å². The zero-order valence-electron chi connectivity index (χ0n) is 9.53. The van der Waals surface area contributed by atoms with Crippen LogP contribution in [0.3, 0.4) is 0 Å². The Hall–Kier alpha value is -0.930. The number of halogens is 1. The Morgan fingerprint density at radius 2 is 2.12 bits per heavy atom. The average Bonchev–Trinajstić information content (AvgIpc) is 2.68.